The number of piperidine rings is 1. The Bertz CT molecular complexity index is 718. The lowest BCUT2D eigenvalue weighted by Crippen LogP contribution is -2.53. The maximum Gasteiger partial charge on any atom is 0.226 e. The smallest absolute Gasteiger partial charge is 0.226 e. The van der Waals surface area contributed by atoms with E-state index in [2.05, 4.69) is 16.2 Å². The molecule has 4 nitrogen and oxygen atoms in total. The van der Waals surface area contributed by atoms with Gasteiger partial charge in [0.1, 0.15) is 0 Å². The highest BCUT2D eigenvalue weighted by molar-refractivity contribution is 7.83. The van der Waals surface area contributed by atoms with Crippen molar-refractivity contribution in [3.8, 4) is 0 Å². The highest BCUT2D eigenvalue weighted by Crippen LogP contribution is 2.43. The Morgan fingerprint density at radius 2 is 1.93 bits per heavy atom. The molecule has 2 aliphatic rings. The normalized spacial score (nSPS) is 25.0. The first-order valence-corrected chi connectivity index (χ1v) is 11.8. The first-order valence-electron chi connectivity index (χ1n) is 10.2. The number of carbonyl (C=O) groups excluding carboxylic acids is 1. The van der Waals surface area contributed by atoms with Crippen LogP contribution in [0.2, 0.25) is 5.02 Å². The van der Waals surface area contributed by atoms with E-state index in [4.69, 9.17) is 11.6 Å². The van der Waals surface area contributed by atoms with Gasteiger partial charge in [0.25, 0.3) is 0 Å². The minimum atomic E-state index is -1.09. The van der Waals surface area contributed by atoms with Gasteiger partial charge >= 0.3 is 0 Å². The summed E-state index contributed by atoms with van der Waals surface area (Å²) >= 11 is 6.08. The summed E-state index contributed by atoms with van der Waals surface area (Å²) in [6.45, 7) is 8.29. The molecule has 1 aliphatic carbocycles. The van der Waals surface area contributed by atoms with Crippen molar-refractivity contribution in [3.05, 3.63) is 47.5 Å². The molecule has 3 unspecified atom stereocenters. The third-order valence-corrected chi connectivity index (χ3v) is 7.38. The zero-order valence-corrected chi connectivity index (χ0v) is 18.3. The Hall–Kier alpha value is -1.17. The molecule has 2 fully saturated rings. The van der Waals surface area contributed by atoms with Crippen molar-refractivity contribution in [2.24, 2.45) is 11.8 Å². The van der Waals surface area contributed by atoms with E-state index in [1.807, 2.05) is 44.2 Å². The van der Waals surface area contributed by atoms with Crippen LogP contribution >= 0.6 is 11.6 Å². The van der Waals surface area contributed by atoms with Crippen LogP contribution in [0.4, 0.5) is 0 Å². The van der Waals surface area contributed by atoms with Crippen LogP contribution in [0.25, 0.3) is 0 Å². The number of hydrogen-bond acceptors (Lipinski definition) is 2. The second-order valence-electron chi connectivity index (χ2n) is 8.21. The van der Waals surface area contributed by atoms with Crippen molar-refractivity contribution in [1.29, 1.82) is 0 Å². The van der Waals surface area contributed by atoms with Crippen molar-refractivity contribution in [1.82, 2.24) is 9.62 Å². The van der Waals surface area contributed by atoms with E-state index in [0.717, 1.165) is 31.2 Å². The van der Waals surface area contributed by atoms with Crippen molar-refractivity contribution in [3.63, 3.8) is 0 Å². The van der Waals surface area contributed by atoms with Crippen molar-refractivity contribution in [2.75, 3.05) is 6.54 Å². The predicted octanol–water partition coefficient (Wildman–Crippen LogP) is 4.64. The summed E-state index contributed by atoms with van der Waals surface area (Å²) in [5.74, 6) is 0.691. The van der Waals surface area contributed by atoms with Crippen LogP contribution in [-0.4, -0.2) is 32.9 Å². The lowest BCUT2D eigenvalue weighted by molar-refractivity contribution is -0.145. The van der Waals surface area contributed by atoms with Crippen LogP contribution in [0.1, 0.15) is 57.6 Å². The number of hydrogen-bond donors (Lipinski definition) is 1. The molecule has 1 saturated carbocycles. The Kier molecular flexibility index (Phi) is 7.35. The predicted molar refractivity (Wildman–Crippen MR) is 116 cm³/mol. The average molecular weight is 423 g/mol. The molecule has 3 rings (SSSR count). The van der Waals surface area contributed by atoms with Gasteiger partial charge in [0.2, 0.25) is 5.91 Å². The Balaban J connectivity index is 1.88. The van der Waals surface area contributed by atoms with Crippen molar-refractivity contribution >= 4 is 28.5 Å². The fourth-order valence-corrected chi connectivity index (χ4v) is 4.91. The summed E-state index contributed by atoms with van der Waals surface area (Å²) in [7, 11) is -1.09. The number of allylic oxidation sites excluding steroid dienone is 1. The third kappa shape index (κ3) is 5.05. The number of benzene rings is 1. The first kappa shape index (κ1) is 21.5. The molecule has 1 aromatic rings. The maximum atomic E-state index is 13.5. The Labute approximate surface area is 176 Å². The Morgan fingerprint density at radius 3 is 2.50 bits per heavy atom. The summed E-state index contributed by atoms with van der Waals surface area (Å²) in [5, 5.41) is 0.757. The average Bonchev–Trinajstić information content (AvgIpc) is 3.50. The van der Waals surface area contributed by atoms with Gasteiger partial charge in [-0.2, -0.15) is 0 Å². The van der Waals surface area contributed by atoms with Gasteiger partial charge in [0.05, 0.1) is 17.0 Å². The van der Waals surface area contributed by atoms with Gasteiger partial charge in [-0.1, -0.05) is 29.8 Å². The van der Waals surface area contributed by atoms with Gasteiger partial charge < -0.3 is 4.90 Å². The van der Waals surface area contributed by atoms with E-state index in [9.17, 15) is 9.00 Å². The molecule has 0 spiro atoms. The minimum Gasteiger partial charge on any atom is -0.331 e. The maximum absolute atomic E-state index is 13.5. The van der Waals surface area contributed by atoms with E-state index in [-0.39, 0.29) is 29.2 Å². The molecule has 1 saturated heterocycles. The van der Waals surface area contributed by atoms with Crippen LogP contribution in [0.15, 0.2) is 36.9 Å². The largest absolute Gasteiger partial charge is 0.331 e. The molecule has 0 aromatic heterocycles. The molecule has 1 aliphatic heterocycles. The number of halogens is 1. The minimum absolute atomic E-state index is 0.00195. The molecular formula is C22H31ClN2O2S. The molecular weight excluding hydrogens is 392 g/mol. The summed E-state index contributed by atoms with van der Waals surface area (Å²) in [5.41, 5.74) is 1.13. The standard InChI is InChI=1S/C22H31ClN2O2S/c1-4-5-18-10-13-20(16-8-11-19(23)12-9-16)25(22(18)26)21(17-6-7-17)14-24-28(27)15(2)3/h4,8-9,11-12,15,17-18,20-21,24H,1,5-7,10,13-14H2,2-3H3/t18?,20-,21?,28?/m0/s1. The summed E-state index contributed by atoms with van der Waals surface area (Å²) < 4.78 is 15.5. The fourth-order valence-electron chi connectivity index (χ4n) is 4.12. The molecule has 1 aromatic carbocycles. The van der Waals surface area contributed by atoms with Gasteiger partial charge in [-0.15, -0.1) is 6.58 Å². The van der Waals surface area contributed by atoms with Crippen LogP contribution < -0.4 is 4.72 Å². The van der Waals surface area contributed by atoms with Crippen molar-refractivity contribution in [2.45, 2.75) is 63.3 Å². The van der Waals surface area contributed by atoms with Gasteiger partial charge in [0.15, 0.2) is 0 Å². The molecule has 154 valence electrons. The van der Waals surface area contributed by atoms with Gasteiger partial charge in [0, 0.05) is 28.8 Å². The highest BCUT2D eigenvalue weighted by Gasteiger charge is 2.44. The van der Waals surface area contributed by atoms with Crippen LogP contribution in [-0.2, 0) is 15.8 Å². The number of nitrogens with one attached hydrogen (secondary N) is 1. The number of carbonyl (C=O) groups is 1. The number of amides is 1. The van der Waals surface area contributed by atoms with Crippen LogP contribution in [0, 0.1) is 11.8 Å². The van der Waals surface area contributed by atoms with Crippen molar-refractivity contribution < 1.29 is 9.00 Å². The highest BCUT2D eigenvalue weighted by atomic mass is 35.5. The third-order valence-electron chi connectivity index (χ3n) is 5.82. The van der Waals surface area contributed by atoms with E-state index >= 15 is 0 Å². The van der Waals surface area contributed by atoms with Gasteiger partial charge in [-0.3, -0.25) is 4.79 Å². The van der Waals surface area contributed by atoms with E-state index in [0.29, 0.717) is 23.9 Å². The van der Waals surface area contributed by atoms with Crippen LogP contribution in [0.5, 0.6) is 0 Å². The van der Waals surface area contributed by atoms with Gasteiger partial charge in [-0.25, -0.2) is 8.93 Å². The monoisotopic (exact) mass is 422 g/mol. The second-order valence-corrected chi connectivity index (χ2v) is 10.5. The topological polar surface area (TPSA) is 49.4 Å². The van der Waals surface area contributed by atoms with Crippen LogP contribution in [0.3, 0.4) is 0 Å². The van der Waals surface area contributed by atoms with E-state index in [1.165, 1.54) is 0 Å². The molecule has 0 bridgehead atoms. The molecule has 4 atom stereocenters. The Morgan fingerprint density at radius 1 is 1.25 bits per heavy atom. The van der Waals surface area contributed by atoms with E-state index in [1.54, 1.807) is 0 Å². The summed E-state index contributed by atoms with van der Waals surface area (Å²) in [6, 6.07) is 7.98. The molecule has 1 heterocycles. The lowest BCUT2D eigenvalue weighted by atomic mass is 9.85. The second kappa shape index (κ2) is 9.55. The molecule has 6 heteroatoms. The number of nitrogens with zero attached hydrogens (tertiary/aromatic N) is 1. The summed E-state index contributed by atoms with van der Waals surface area (Å²) in [4.78, 5) is 15.6. The summed E-state index contributed by atoms with van der Waals surface area (Å²) in [6.07, 6.45) is 6.63. The quantitative estimate of drug-likeness (QED) is 0.589. The molecule has 1 amide bonds. The number of likely N-dealkylation sites (tertiary alicyclic amines) is 1. The first-order chi connectivity index (χ1) is 13.4. The fraction of sp³-hybridized carbons (Fsp3) is 0.591. The van der Waals surface area contributed by atoms with Gasteiger partial charge in [-0.05, 0) is 69.6 Å². The molecule has 28 heavy (non-hydrogen) atoms. The number of rotatable bonds is 9. The SMILES string of the molecule is C=CCC1CC[C@@H](c2ccc(Cl)cc2)N(C(CNS(=O)C(C)C)C2CC2)C1=O. The zero-order valence-electron chi connectivity index (χ0n) is 16.8. The zero-order chi connectivity index (χ0) is 20.3. The lowest BCUT2D eigenvalue weighted by Gasteiger charge is -2.44. The molecule has 1 N–H and O–H groups in total. The van der Waals surface area contributed by atoms with E-state index < -0.39 is 11.0 Å². The molecule has 0 radical (unpaired) electrons.